The highest BCUT2D eigenvalue weighted by atomic mass is 35.5. The molecule has 1 aliphatic carbocycles. The van der Waals surface area contributed by atoms with Gasteiger partial charge >= 0.3 is 0 Å². The van der Waals surface area contributed by atoms with Crippen molar-refractivity contribution in [3.05, 3.63) is 41.2 Å². The molecule has 0 radical (unpaired) electrons. The lowest BCUT2D eigenvalue weighted by atomic mass is 9.91. The molecule has 1 fully saturated rings. The summed E-state index contributed by atoms with van der Waals surface area (Å²) in [6, 6.07) is 3.14. The standard InChI is InChI=1S/C23H30ClN5O3S/c1-4-33(31,32)19-10-9-18(25-13-19)12-26-22(29-20-14-27-23(24)28-16(20)3)21(30)15(2)11-17-7-5-6-8-17/h9-10,13-15,17H,4-8,11-12H2,1-3H3,(H,26,29). The Morgan fingerprint density at radius 2 is 1.97 bits per heavy atom. The van der Waals surface area contributed by atoms with Crippen molar-refractivity contribution in [3.8, 4) is 0 Å². The lowest BCUT2D eigenvalue weighted by Crippen LogP contribution is -2.30. The van der Waals surface area contributed by atoms with Gasteiger partial charge in [0.05, 0.1) is 40.5 Å². The lowest BCUT2D eigenvalue weighted by Gasteiger charge is -2.18. The molecule has 33 heavy (non-hydrogen) atoms. The molecule has 1 N–H and O–H groups in total. The number of amidine groups is 1. The van der Waals surface area contributed by atoms with Crippen molar-refractivity contribution < 1.29 is 13.2 Å². The summed E-state index contributed by atoms with van der Waals surface area (Å²) < 4.78 is 24.0. The van der Waals surface area contributed by atoms with Crippen molar-refractivity contribution in [1.82, 2.24) is 15.0 Å². The fraction of sp³-hybridized carbons (Fsp3) is 0.522. The van der Waals surface area contributed by atoms with Gasteiger partial charge in [-0.3, -0.25) is 14.8 Å². The molecule has 1 saturated carbocycles. The third-order valence-corrected chi connectivity index (χ3v) is 7.88. The largest absolute Gasteiger partial charge is 0.335 e. The van der Waals surface area contributed by atoms with Gasteiger partial charge in [-0.2, -0.15) is 0 Å². The SMILES string of the molecule is CCS(=O)(=O)c1ccc(CN=C(Nc2cnc(Cl)nc2C)C(=O)C(C)CC2CCCC2)nc1. The van der Waals surface area contributed by atoms with Gasteiger partial charge in [-0.1, -0.05) is 39.5 Å². The number of nitrogens with zero attached hydrogens (tertiary/aromatic N) is 4. The number of carbonyl (C=O) groups is 1. The molecular formula is C23H30ClN5O3S. The molecule has 10 heteroatoms. The minimum absolute atomic E-state index is 0.0101. The number of halogens is 1. The van der Waals surface area contributed by atoms with Crippen molar-refractivity contribution in [3.63, 3.8) is 0 Å². The number of Topliss-reactive ketones (excluding diaryl/α,β-unsaturated/α-hetero) is 1. The number of anilines is 1. The van der Waals surface area contributed by atoms with Gasteiger partial charge in [0.25, 0.3) is 0 Å². The zero-order valence-corrected chi connectivity index (χ0v) is 20.8. The van der Waals surface area contributed by atoms with E-state index < -0.39 is 9.84 Å². The first kappa shape index (κ1) is 25.2. The Morgan fingerprint density at radius 1 is 1.24 bits per heavy atom. The lowest BCUT2D eigenvalue weighted by molar-refractivity contribution is -0.116. The van der Waals surface area contributed by atoms with Crippen molar-refractivity contribution in [2.45, 2.75) is 64.3 Å². The van der Waals surface area contributed by atoms with Crippen molar-refractivity contribution in [2.24, 2.45) is 16.8 Å². The monoisotopic (exact) mass is 491 g/mol. The van der Waals surface area contributed by atoms with Crippen LogP contribution in [0.4, 0.5) is 5.69 Å². The van der Waals surface area contributed by atoms with Gasteiger partial charge < -0.3 is 5.32 Å². The summed E-state index contributed by atoms with van der Waals surface area (Å²) in [6.45, 7) is 5.43. The molecule has 8 nitrogen and oxygen atoms in total. The first-order valence-electron chi connectivity index (χ1n) is 11.2. The molecule has 0 saturated heterocycles. The van der Waals surface area contributed by atoms with Crippen molar-refractivity contribution >= 4 is 38.7 Å². The normalized spacial score (nSPS) is 16.1. The molecule has 0 bridgehead atoms. The molecule has 3 rings (SSSR count). The van der Waals surface area contributed by atoms with Crippen LogP contribution in [0.3, 0.4) is 0 Å². The molecule has 0 spiro atoms. The van der Waals surface area contributed by atoms with Crippen LogP contribution in [-0.4, -0.2) is 40.7 Å². The number of nitrogens with one attached hydrogen (secondary N) is 1. The number of aryl methyl sites for hydroxylation is 1. The van der Waals surface area contributed by atoms with Crippen molar-refractivity contribution in [1.29, 1.82) is 0 Å². The van der Waals surface area contributed by atoms with E-state index in [-0.39, 0.29) is 40.0 Å². The van der Waals surface area contributed by atoms with Crippen molar-refractivity contribution in [2.75, 3.05) is 11.1 Å². The summed E-state index contributed by atoms with van der Waals surface area (Å²) in [5.74, 6) is 0.525. The maximum absolute atomic E-state index is 13.3. The molecule has 1 unspecified atom stereocenters. The summed E-state index contributed by atoms with van der Waals surface area (Å²) in [6.07, 6.45) is 8.47. The van der Waals surface area contributed by atoms with Gasteiger partial charge in [0, 0.05) is 12.1 Å². The second kappa shape index (κ2) is 11.2. The number of aliphatic imine (C=N–C) groups is 1. The molecule has 1 atom stereocenters. The van der Waals surface area contributed by atoms with E-state index in [1.165, 1.54) is 44.1 Å². The Balaban J connectivity index is 1.82. The molecule has 1 aliphatic rings. The predicted octanol–water partition coefficient (Wildman–Crippen LogP) is 4.42. The number of carbonyl (C=O) groups excluding carboxylic acids is 1. The fourth-order valence-corrected chi connectivity index (χ4v) is 4.97. The summed E-state index contributed by atoms with van der Waals surface area (Å²) in [4.78, 5) is 30.3. The highest BCUT2D eigenvalue weighted by Gasteiger charge is 2.25. The third-order valence-electron chi connectivity index (χ3n) is 5.98. The fourth-order valence-electron chi connectivity index (χ4n) is 3.97. The van der Waals surface area contributed by atoms with Gasteiger partial charge in [-0.15, -0.1) is 0 Å². The van der Waals surface area contributed by atoms with Gasteiger partial charge in [0.1, 0.15) is 0 Å². The maximum Gasteiger partial charge on any atom is 0.222 e. The van der Waals surface area contributed by atoms with Crippen LogP contribution in [0.5, 0.6) is 0 Å². The molecule has 2 heterocycles. The first-order chi connectivity index (χ1) is 15.7. The zero-order chi connectivity index (χ0) is 24.0. The highest BCUT2D eigenvalue weighted by Crippen LogP contribution is 2.30. The van der Waals surface area contributed by atoms with E-state index in [9.17, 15) is 13.2 Å². The Hall–Kier alpha value is -2.39. The van der Waals surface area contributed by atoms with E-state index in [0.29, 0.717) is 23.0 Å². The number of aromatic nitrogens is 3. The molecule has 178 valence electrons. The maximum atomic E-state index is 13.3. The van der Waals surface area contributed by atoms with E-state index in [1.807, 2.05) is 6.92 Å². The Labute approximate surface area is 200 Å². The van der Waals surface area contributed by atoms with Crippen LogP contribution in [0.15, 0.2) is 34.4 Å². The second-order valence-electron chi connectivity index (χ2n) is 8.47. The second-order valence-corrected chi connectivity index (χ2v) is 11.1. The smallest absolute Gasteiger partial charge is 0.222 e. The predicted molar refractivity (Wildman–Crippen MR) is 129 cm³/mol. The number of ketones is 1. The van der Waals surface area contributed by atoms with E-state index >= 15 is 0 Å². The summed E-state index contributed by atoms with van der Waals surface area (Å²) >= 11 is 5.86. The molecule has 2 aromatic rings. The van der Waals surface area contributed by atoms with Crippen LogP contribution >= 0.6 is 11.6 Å². The number of hydrogen-bond acceptors (Lipinski definition) is 7. The topological polar surface area (TPSA) is 114 Å². The van der Waals surface area contributed by atoms with E-state index in [1.54, 1.807) is 19.9 Å². The van der Waals surface area contributed by atoms with Crippen LogP contribution < -0.4 is 5.32 Å². The minimum Gasteiger partial charge on any atom is -0.335 e. The van der Waals surface area contributed by atoms with Gasteiger partial charge in [0.2, 0.25) is 5.28 Å². The van der Waals surface area contributed by atoms with Crippen LogP contribution in [0, 0.1) is 18.8 Å². The van der Waals surface area contributed by atoms with Gasteiger partial charge in [0.15, 0.2) is 21.5 Å². The number of sulfone groups is 1. The summed E-state index contributed by atoms with van der Waals surface area (Å²) in [7, 11) is -3.32. The van der Waals surface area contributed by atoms with Crippen LogP contribution in [0.2, 0.25) is 5.28 Å². The Morgan fingerprint density at radius 3 is 2.58 bits per heavy atom. The molecular weight excluding hydrogens is 462 g/mol. The Kier molecular flexibility index (Phi) is 8.53. The molecule has 0 aromatic carbocycles. The number of hydrogen-bond donors (Lipinski definition) is 1. The van der Waals surface area contributed by atoms with E-state index in [4.69, 9.17) is 11.6 Å². The van der Waals surface area contributed by atoms with E-state index in [2.05, 4.69) is 25.3 Å². The zero-order valence-electron chi connectivity index (χ0n) is 19.2. The molecule has 2 aromatic heterocycles. The quantitative estimate of drug-likeness (QED) is 0.313. The summed E-state index contributed by atoms with van der Waals surface area (Å²) in [5, 5.41) is 3.22. The average molecular weight is 492 g/mol. The van der Waals surface area contributed by atoms with E-state index in [0.717, 1.165) is 6.42 Å². The molecule has 0 aliphatic heterocycles. The van der Waals surface area contributed by atoms with Gasteiger partial charge in [-0.25, -0.2) is 18.4 Å². The highest BCUT2D eigenvalue weighted by molar-refractivity contribution is 7.91. The number of pyridine rings is 1. The van der Waals surface area contributed by atoms with Gasteiger partial charge in [-0.05, 0) is 43.0 Å². The average Bonchev–Trinajstić information content (AvgIpc) is 3.30. The van der Waals surface area contributed by atoms with Crippen LogP contribution in [0.25, 0.3) is 0 Å². The van der Waals surface area contributed by atoms with Crippen LogP contribution in [-0.2, 0) is 21.2 Å². The molecule has 0 amide bonds. The first-order valence-corrected chi connectivity index (χ1v) is 13.2. The number of rotatable bonds is 9. The van der Waals surface area contributed by atoms with Crippen LogP contribution in [0.1, 0.15) is 57.3 Å². The summed E-state index contributed by atoms with van der Waals surface area (Å²) in [5.41, 5.74) is 1.72. The third kappa shape index (κ3) is 6.80. The Bertz CT molecular complexity index is 1110. The minimum atomic E-state index is -3.32.